The average Bonchev–Trinajstić information content (AvgIpc) is 2.28. The third-order valence-electron chi connectivity index (χ3n) is 1.59. The molecule has 5 heteroatoms. The fourth-order valence-electron chi connectivity index (χ4n) is 1.04. The van der Waals surface area contributed by atoms with Crippen LogP contribution < -0.4 is 5.73 Å². The Balaban J connectivity index is 2.90. The summed E-state index contributed by atoms with van der Waals surface area (Å²) in [6.45, 7) is 0. The summed E-state index contributed by atoms with van der Waals surface area (Å²) < 4.78 is 14.9. The summed E-state index contributed by atoms with van der Waals surface area (Å²) in [5.41, 5.74) is 6.16. The second-order valence-electron chi connectivity index (χ2n) is 2.36. The molecule has 0 fully saturated rings. The van der Waals surface area contributed by atoms with Crippen molar-refractivity contribution in [3.05, 3.63) is 28.7 Å². The highest BCUT2D eigenvalue weighted by Crippen LogP contribution is 2.20. The number of pyridine rings is 1. The van der Waals surface area contributed by atoms with Crippen LogP contribution in [0, 0.1) is 5.82 Å². The zero-order chi connectivity index (χ0) is 8.72. The van der Waals surface area contributed by atoms with Crippen LogP contribution in [0.2, 0.25) is 0 Å². The van der Waals surface area contributed by atoms with Crippen molar-refractivity contribution in [2.45, 2.75) is 0 Å². The number of rotatable bonds is 0. The van der Waals surface area contributed by atoms with Crippen molar-refractivity contribution < 1.29 is 4.39 Å². The van der Waals surface area contributed by atoms with E-state index >= 15 is 0 Å². The van der Waals surface area contributed by atoms with E-state index in [-0.39, 0.29) is 5.82 Å². The molecule has 0 aliphatic rings. The first-order chi connectivity index (χ1) is 5.68. The van der Waals surface area contributed by atoms with E-state index in [1.165, 1.54) is 18.3 Å². The molecule has 0 bridgehead atoms. The Morgan fingerprint density at radius 3 is 3.08 bits per heavy atom. The number of nitrogen functional groups attached to an aromatic ring is 1. The topological polar surface area (TPSA) is 43.3 Å². The van der Waals surface area contributed by atoms with Crippen molar-refractivity contribution >= 4 is 27.4 Å². The summed E-state index contributed by atoms with van der Waals surface area (Å²) in [7, 11) is 0. The second kappa shape index (κ2) is 2.45. The number of hydrogen-bond acceptors (Lipinski definition) is 2. The summed E-state index contributed by atoms with van der Waals surface area (Å²) >= 11 is 3.17. The lowest BCUT2D eigenvalue weighted by Crippen LogP contribution is -1.93. The molecule has 2 N–H and O–H groups in total. The highest BCUT2D eigenvalue weighted by Gasteiger charge is 2.05. The third-order valence-corrected chi connectivity index (χ3v) is 2.17. The van der Waals surface area contributed by atoms with E-state index in [1.54, 1.807) is 4.40 Å². The molecule has 0 spiro atoms. The highest BCUT2D eigenvalue weighted by molar-refractivity contribution is 9.10. The maximum Gasteiger partial charge on any atom is 0.205 e. The van der Waals surface area contributed by atoms with Crippen LogP contribution in [0.1, 0.15) is 0 Å². The molecule has 0 atom stereocenters. The first-order valence-corrected chi connectivity index (χ1v) is 4.06. The lowest BCUT2D eigenvalue weighted by molar-refractivity contribution is 0.627. The van der Waals surface area contributed by atoms with Crippen LogP contribution in [0.25, 0.3) is 5.52 Å². The summed E-state index contributed by atoms with van der Waals surface area (Å²) in [6, 6.07) is 2.70. The van der Waals surface area contributed by atoms with Gasteiger partial charge >= 0.3 is 0 Å². The van der Waals surface area contributed by atoms with Gasteiger partial charge in [-0.2, -0.15) is 0 Å². The Kier molecular flexibility index (Phi) is 1.54. The van der Waals surface area contributed by atoms with Gasteiger partial charge in [-0.1, -0.05) is 0 Å². The number of fused-ring (bicyclic) bond motifs is 1. The second-order valence-corrected chi connectivity index (χ2v) is 3.11. The van der Waals surface area contributed by atoms with Crippen molar-refractivity contribution in [2.24, 2.45) is 0 Å². The van der Waals surface area contributed by atoms with Crippen LogP contribution in [0.4, 0.5) is 10.3 Å². The number of anilines is 1. The number of nitrogens with zero attached hydrogens (tertiary/aromatic N) is 2. The van der Waals surface area contributed by atoms with Crippen LogP contribution in [0.15, 0.2) is 22.9 Å². The van der Waals surface area contributed by atoms with Crippen molar-refractivity contribution in [3.63, 3.8) is 0 Å². The quantitative estimate of drug-likeness (QED) is 0.749. The molecule has 0 aliphatic carbocycles. The van der Waals surface area contributed by atoms with E-state index in [0.29, 0.717) is 16.1 Å². The van der Waals surface area contributed by atoms with Gasteiger partial charge in [0.25, 0.3) is 0 Å². The zero-order valence-corrected chi connectivity index (χ0v) is 7.55. The van der Waals surface area contributed by atoms with Gasteiger partial charge in [-0.25, -0.2) is 9.37 Å². The van der Waals surface area contributed by atoms with E-state index in [0.717, 1.165) is 0 Å². The number of nitrogens with two attached hydrogens (primary N) is 1. The average molecular weight is 230 g/mol. The van der Waals surface area contributed by atoms with E-state index in [4.69, 9.17) is 5.73 Å². The molecule has 2 aromatic heterocycles. The molecular formula is C7H5BrFN3. The first kappa shape index (κ1) is 7.54. The SMILES string of the molecule is Nc1nc(Br)c2cc(F)ccn12. The van der Waals surface area contributed by atoms with Crippen LogP contribution in [-0.2, 0) is 0 Å². The lowest BCUT2D eigenvalue weighted by Gasteiger charge is -1.94. The van der Waals surface area contributed by atoms with E-state index in [9.17, 15) is 4.39 Å². The van der Waals surface area contributed by atoms with E-state index in [2.05, 4.69) is 20.9 Å². The van der Waals surface area contributed by atoms with Gasteiger partial charge in [-0.15, -0.1) is 0 Å². The Morgan fingerprint density at radius 1 is 1.58 bits per heavy atom. The minimum atomic E-state index is -0.303. The summed E-state index contributed by atoms with van der Waals surface area (Å²) in [5.74, 6) is 0.0416. The largest absolute Gasteiger partial charge is 0.369 e. The third kappa shape index (κ3) is 0.972. The van der Waals surface area contributed by atoms with Crippen molar-refractivity contribution in [1.82, 2.24) is 9.38 Å². The molecule has 2 rings (SSSR count). The first-order valence-electron chi connectivity index (χ1n) is 3.27. The fourth-order valence-corrected chi connectivity index (χ4v) is 1.53. The normalized spacial score (nSPS) is 10.8. The van der Waals surface area contributed by atoms with Gasteiger partial charge in [0, 0.05) is 12.3 Å². The Labute approximate surface area is 76.1 Å². The lowest BCUT2D eigenvalue weighted by atomic mass is 10.4. The molecule has 0 aliphatic heterocycles. The molecule has 2 heterocycles. The molecule has 0 saturated heterocycles. The van der Waals surface area contributed by atoms with Crippen molar-refractivity contribution in [1.29, 1.82) is 0 Å². The predicted octanol–water partition coefficient (Wildman–Crippen LogP) is 1.82. The molecule has 2 aromatic rings. The smallest absolute Gasteiger partial charge is 0.205 e. The van der Waals surface area contributed by atoms with Gasteiger partial charge in [-0.05, 0) is 22.0 Å². The fraction of sp³-hybridized carbons (Fsp3) is 0. The Morgan fingerprint density at radius 2 is 2.33 bits per heavy atom. The van der Waals surface area contributed by atoms with E-state index < -0.39 is 0 Å². The standard InChI is InChI=1S/C7H5BrFN3/c8-6-5-3-4(9)1-2-12(5)7(10)11-6/h1-3H,(H2,10,11). The molecule has 0 aromatic carbocycles. The summed E-state index contributed by atoms with van der Waals surface area (Å²) in [4.78, 5) is 3.92. The molecule has 3 nitrogen and oxygen atoms in total. The van der Waals surface area contributed by atoms with Gasteiger partial charge in [0.2, 0.25) is 5.95 Å². The predicted molar refractivity (Wildman–Crippen MR) is 47.3 cm³/mol. The molecule has 0 amide bonds. The molecule has 0 unspecified atom stereocenters. The summed E-state index contributed by atoms with van der Waals surface area (Å²) in [6.07, 6.45) is 1.54. The summed E-state index contributed by atoms with van der Waals surface area (Å²) in [5, 5.41) is 0. The van der Waals surface area contributed by atoms with Crippen LogP contribution in [-0.4, -0.2) is 9.38 Å². The number of halogens is 2. The van der Waals surface area contributed by atoms with Crippen LogP contribution in [0.3, 0.4) is 0 Å². The number of hydrogen-bond donors (Lipinski definition) is 1. The minimum absolute atomic E-state index is 0.303. The van der Waals surface area contributed by atoms with Gasteiger partial charge < -0.3 is 5.73 Å². The molecular weight excluding hydrogens is 225 g/mol. The zero-order valence-electron chi connectivity index (χ0n) is 5.96. The Bertz CT molecular complexity index is 437. The monoisotopic (exact) mass is 229 g/mol. The maximum atomic E-state index is 12.7. The van der Waals surface area contributed by atoms with Crippen LogP contribution in [0.5, 0.6) is 0 Å². The van der Waals surface area contributed by atoms with Gasteiger partial charge in [-0.3, -0.25) is 4.40 Å². The minimum Gasteiger partial charge on any atom is -0.369 e. The highest BCUT2D eigenvalue weighted by atomic mass is 79.9. The van der Waals surface area contributed by atoms with Gasteiger partial charge in [0.15, 0.2) is 0 Å². The van der Waals surface area contributed by atoms with Gasteiger partial charge in [0.1, 0.15) is 10.4 Å². The molecule has 0 saturated carbocycles. The Hall–Kier alpha value is -1.10. The molecule has 12 heavy (non-hydrogen) atoms. The maximum absolute atomic E-state index is 12.7. The molecule has 62 valence electrons. The number of aromatic nitrogens is 2. The van der Waals surface area contributed by atoms with E-state index in [1.807, 2.05) is 0 Å². The van der Waals surface area contributed by atoms with Gasteiger partial charge in [0.05, 0.1) is 5.52 Å². The molecule has 0 radical (unpaired) electrons. The van der Waals surface area contributed by atoms with Crippen molar-refractivity contribution in [2.75, 3.05) is 5.73 Å². The van der Waals surface area contributed by atoms with Crippen molar-refractivity contribution in [3.8, 4) is 0 Å². The number of imidazole rings is 1. The van der Waals surface area contributed by atoms with Crippen LogP contribution >= 0.6 is 15.9 Å².